The maximum Gasteiger partial charge on any atom is 0.0713 e. The molecule has 12 aromatic carbocycles. The van der Waals surface area contributed by atoms with Crippen LogP contribution in [0.2, 0.25) is 0 Å². The topological polar surface area (TPSA) is 13.0 Å². The molecule has 0 saturated carbocycles. The number of hydrogen-bond donors (Lipinski definition) is 0. The minimum atomic E-state index is -0.616. The van der Waals surface area contributed by atoms with Gasteiger partial charge in [-0.15, -0.1) is 0 Å². The van der Waals surface area contributed by atoms with Crippen molar-refractivity contribution in [1.82, 2.24) is 0 Å². The summed E-state index contributed by atoms with van der Waals surface area (Å²) in [6.45, 7) is 4.44. The Morgan fingerprint density at radius 1 is 0.203 bits per heavy atom. The zero-order chi connectivity index (χ0) is 53.1. The van der Waals surface area contributed by atoms with Gasteiger partial charge in [0.2, 0.25) is 0 Å². The molecule has 0 bridgehead atoms. The van der Waals surface area contributed by atoms with Crippen LogP contribution in [0.3, 0.4) is 0 Å². The quantitative estimate of drug-likeness (QED) is 0.108. The molecule has 4 nitrogen and oxygen atoms in total. The average molecular weight is 1020 g/mol. The number of rotatable bonds is 14. The summed E-state index contributed by atoms with van der Waals surface area (Å²) in [5.74, 6) is 0. The predicted molar refractivity (Wildman–Crippen MR) is 332 cm³/mol. The van der Waals surface area contributed by atoms with Crippen LogP contribution in [0.15, 0.2) is 315 Å². The van der Waals surface area contributed by atoms with Crippen molar-refractivity contribution in [2.75, 3.05) is 19.6 Å². The monoisotopic (exact) mass is 1010 g/mol. The van der Waals surface area contributed by atoms with Gasteiger partial charge in [0.25, 0.3) is 0 Å². The first kappa shape index (κ1) is 48.5. The van der Waals surface area contributed by atoms with Crippen molar-refractivity contribution in [2.45, 2.75) is 19.3 Å². The number of anilines is 12. The van der Waals surface area contributed by atoms with E-state index in [9.17, 15) is 0 Å². The van der Waals surface area contributed by atoms with Crippen molar-refractivity contribution in [3.05, 3.63) is 349 Å². The summed E-state index contributed by atoms with van der Waals surface area (Å²) in [4.78, 5) is 9.34. The molecule has 0 unspecified atom stereocenters. The molecule has 0 aromatic heterocycles. The van der Waals surface area contributed by atoms with Gasteiger partial charge in [0.05, 0.1) is 5.41 Å². The van der Waals surface area contributed by atoms with Gasteiger partial charge in [-0.3, -0.25) is 0 Å². The Bertz CT molecular complexity index is 3640. The van der Waals surface area contributed by atoms with E-state index in [4.69, 9.17) is 0 Å². The fourth-order valence-corrected chi connectivity index (χ4v) is 11.8. The molecular weight excluding hydrogens is 957 g/mol. The first-order chi connectivity index (χ1) is 39.0. The van der Waals surface area contributed by atoms with Crippen LogP contribution in [-0.4, -0.2) is 0 Å². The Labute approximate surface area is 464 Å². The molecule has 4 heteroatoms. The zero-order valence-corrected chi connectivity index (χ0v) is 44.3. The van der Waals surface area contributed by atoms with Crippen LogP contribution in [0.4, 0.5) is 68.2 Å². The molecular formula is C75H58N4. The smallest absolute Gasteiger partial charge is 0.0713 e. The largest absolute Gasteiger partial charge is 0.311 e. The molecule has 0 radical (unpaired) electrons. The van der Waals surface area contributed by atoms with Gasteiger partial charge in [-0.05, 0) is 193 Å². The highest BCUT2D eigenvalue weighted by Crippen LogP contribution is 2.57. The highest BCUT2D eigenvalue weighted by Gasteiger charge is 2.46. The number of aryl methyl sites for hydroxylation is 2. The normalized spacial score (nSPS) is 12.0. The third-order valence-electron chi connectivity index (χ3n) is 15.4. The molecule has 1 aliphatic carbocycles. The molecule has 0 heterocycles. The van der Waals surface area contributed by atoms with E-state index >= 15 is 0 Å². The van der Waals surface area contributed by atoms with Crippen LogP contribution in [0.25, 0.3) is 11.1 Å². The van der Waals surface area contributed by atoms with Crippen molar-refractivity contribution in [3.8, 4) is 11.1 Å². The highest BCUT2D eigenvalue weighted by atomic mass is 15.2. The first-order valence-corrected chi connectivity index (χ1v) is 27.2. The number of hydrogen-bond acceptors (Lipinski definition) is 4. The lowest BCUT2D eigenvalue weighted by Gasteiger charge is -2.35. The molecule has 0 atom stereocenters. The van der Waals surface area contributed by atoms with Gasteiger partial charge in [0.15, 0.2) is 0 Å². The maximum atomic E-state index is 2.42. The van der Waals surface area contributed by atoms with Crippen molar-refractivity contribution >= 4 is 68.2 Å². The lowest BCUT2D eigenvalue weighted by Crippen LogP contribution is -2.29. The van der Waals surface area contributed by atoms with E-state index in [0.29, 0.717) is 0 Å². The van der Waals surface area contributed by atoms with E-state index in [1.165, 1.54) is 44.5 Å². The molecule has 0 amide bonds. The van der Waals surface area contributed by atoms with E-state index in [1.54, 1.807) is 0 Å². The second-order valence-corrected chi connectivity index (χ2v) is 20.3. The van der Waals surface area contributed by atoms with Gasteiger partial charge < -0.3 is 19.6 Å². The van der Waals surface area contributed by atoms with E-state index in [2.05, 4.69) is 349 Å². The molecule has 12 aromatic rings. The van der Waals surface area contributed by atoms with Crippen molar-refractivity contribution < 1.29 is 0 Å². The van der Waals surface area contributed by atoms with Gasteiger partial charge in [-0.1, -0.05) is 181 Å². The SMILES string of the molecule is Cc1ccc2c(c1)C(c1ccc(N(c3ccccc3)c3ccc(N(c4ccccc4)c4ccccc4)cc3)cc1)(c1ccc(N(c3ccccc3)c3ccc(N(c4ccccc4)c4ccccc4)cc3)cc1)c1cc(C)ccc1-2. The van der Waals surface area contributed by atoms with E-state index in [0.717, 1.165) is 68.2 Å². The Morgan fingerprint density at radius 2 is 0.392 bits per heavy atom. The number of benzene rings is 12. The van der Waals surface area contributed by atoms with Gasteiger partial charge >= 0.3 is 0 Å². The lowest BCUT2D eigenvalue weighted by molar-refractivity contribution is 0.766. The van der Waals surface area contributed by atoms with E-state index in [-0.39, 0.29) is 0 Å². The molecule has 1 aliphatic rings. The van der Waals surface area contributed by atoms with Gasteiger partial charge in [0, 0.05) is 68.2 Å². The van der Waals surface area contributed by atoms with Crippen LogP contribution in [0, 0.1) is 13.8 Å². The summed E-state index contributed by atoms with van der Waals surface area (Å²) >= 11 is 0. The Morgan fingerprint density at radius 3 is 0.608 bits per heavy atom. The molecule has 0 saturated heterocycles. The molecule has 79 heavy (non-hydrogen) atoms. The molecule has 13 rings (SSSR count). The van der Waals surface area contributed by atoms with Crippen LogP contribution < -0.4 is 19.6 Å². The molecule has 0 aliphatic heterocycles. The average Bonchev–Trinajstić information content (AvgIpc) is 3.86. The van der Waals surface area contributed by atoms with Gasteiger partial charge in [-0.25, -0.2) is 0 Å². The van der Waals surface area contributed by atoms with Crippen LogP contribution in [0.5, 0.6) is 0 Å². The minimum absolute atomic E-state index is 0.616. The highest BCUT2D eigenvalue weighted by molar-refractivity contribution is 5.89. The standard InChI is InChI=1S/C75H58N4/c1-55-33-51-71-72-52-34-56(2)54-74(72)75(73(71)53-55,57-35-39-65(40-36-57)78(63-29-17-7-18-30-63)69-47-43-67(44-48-69)76(59-21-9-3-10-22-59)60-23-11-4-12-24-60)58-37-41-66(42-38-58)79(64-31-19-8-20-32-64)70-49-45-68(46-50-70)77(61-25-13-5-14-26-61)62-27-15-6-16-28-62/h3-54H,1-2H3. The summed E-state index contributed by atoms with van der Waals surface area (Å²) < 4.78 is 0. The second-order valence-electron chi connectivity index (χ2n) is 20.3. The Hall–Kier alpha value is -10.2. The van der Waals surface area contributed by atoms with Gasteiger partial charge in [-0.2, -0.15) is 0 Å². The van der Waals surface area contributed by atoms with Crippen molar-refractivity contribution in [1.29, 1.82) is 0 Å². The fourth-order valence-electron chi connectivity index (χ4n) is 11.8. The van der Waals surface area contributed by atoms with E-state index < -0.39 is 5.41 Å². The Kier molecular flexibility index (Phi) is 13.0. The summed E-state index contributed by atoms with van der Waals surface area (Å²) in [6.07, 6.45) is 0. The van der Waals surface area contributed by atoms with E-state index in [1.807, 2.05) is 0 Å². The van der Waals surface area contributed by atoms with Crippen LogP contribution in [-0.2, 0) is 5.41 Å². The number of para-hydroxylation sites is 6. The van der Waals surface area contributed by atoms with Crippen LogP contribution in [0.1, 0.15) is 33.4 Å². The maximum absolute atomic E-state index is 2.42. The minimum Gasteiger partial charge on any atom is -0.311 e. The summed E-state index contributed by atoms with van der Waals surface area (Å²) in [7, 11) is 0. The summed E-state index contributed by atoms with van der Waals surface area (Å²) in [6, 6.07) is 114. The van der Waals surface area contributed by atoms with Crippen molar-refractivity contribution in [2.24, 2.45) is 0 Å². The first-order valence-electron chi connectivity index (χ1n) is 27.2. The lowest BCUT2D eigenvalue weighted by atomic mass is 9.67. The van der Waals surface area contributed by atoms with Crippen molar-refractivity contribution in [3.63, 3.8) is 0 Å². The second kappa shape index (κ2) is 21.1. The number of fused-ring (bicyclic) bond motifs is 3. The zero-order valence-electron chi connectivity index (χ0n) is 44.3. The van der Waals surface area contributed by atoms with Gasteiger partial charge in [0.1, 0.15) is 0 Å². The van der Waals surface area contributed by atoms with Crippen LogP contribution >= 0.6 is 0 Å². The predicted octanol–water partition coefficient (Wildman–Crippen LogP) is 20.5. The summed E-state index contributed by atoms with van der Waals surface area (Å²) in [5, 5.41) is 0. The Balaban J connectivity index is 0.912. The summed E-state index contributed by atoms with van der Waals surface area (Å²) in [5.41, 5.74) is 22.4. The molecule has 0 spiro atoms. The molecule has 0 N–H and O–H groups in total. The molecule has 378 valence electrons. The third-order valence-corrected chi connectivity index (χ3v) is 15.4. The molecule has 0 fully saturated rings. The fraction of sp³-hybridized carbons (Fsp3) is 0.0400. The number of nitrogens with zero attached hydrogens (tertiary/aromatic N) is 4. The third kappa shape index (κ3) is 9.09.